The van der Waals surface area contributed by atoms with E-state index in [1.54, 1.807) is 27.9 Å². The molecule has 0 bridgehead atoms. The van der Waals surface area contributed by atoms with Gasteiger partial charge in [0.25, 0.3) is 0 Å². The van der Waals surface area contributed by atoms with Crippen LogP contribution in [0.1, 0.15) is 55.4 Å². The van der Waals surface area contributed by atoms with Gasteiger partial charge in [-0.15, -0.1) is 0 Å². The van der Waals surface area contributed by atoms with E-state index in [0.717, 1.165) is 0 Å². The number of Topliss-reactive ketones (excluding diaryl/α,β-unsaturated/α-hetero) is 1. The van der Waals surface area contributed by atoms with Crippen molar-refractivity contribution in [2.45, 2.75) is 66.6 Å². The van der Waals surface area contributed by atoms with Crippen LogP contribution in [0.5, 0.6) is 0 Å². The molecule has 0 aromatic carbocycles. The smallest absolute Gasteiger partial charge is 0.126 e. The van der Waals surface area contributed by atoms with Gasteiger partial charge < -0.3 is 14.6 Å². The molecule has 0 aliphatic rings. The normalized spacial score (nSPS) is 10.5. The standard InChI is InChI=1S/C5H12O.C4H10O.C3H6O/c1-5(2,3)6-4;1-4(2,3)5;1-3(2)4/h1-4H3;5H,1-3H3;1-2H3. The molecule has 0 saturated heterocycles. The summed E-state index contributed by atoms with van der Waals surface area (Å²) in [4.78, 5) is 9.44. The van der Waals surface area contributed by atoms with Crippen LogP contribution < -0.4 is 0 Å². The molecule has 0 aromatic heterocycles. The summed E-state index contributed by atoms with van der Waals surface area (Å²) in [5.41, 5.74) is -0.458. The molecule has 94 valence electrons. The first kappa shape index (κ1) is 20.1. The van der Waals surface area contributed by atoms with Crippen LogP contribution >= 0.6 is 0 Å². The Labute approximate surface area is 94.8 Å². The molecule has 0 aliphatic carbocycles. The van der Waals surface area contributed by atoms with E-state index in [4.69, 9.17) is 9.84 Å². The lowest BCUT2D eigenvalue weighted by Gasteiger charge is -2.14. The quantitative estimate of drug-likeness (QED) is 0.683. The summed E-state index contributed by atoms with van der Waals surface area (Å²) in [6, 6.07) is 0. The molecule has 0 aliphatic heterocycles. The number of carbonyl (C=O) groups excluding carboxylic acids is 1. The Bertz CT molecular complexity index is 139. The summed E-state index contributed by atoms with van der Waals surface area (Å²) in [5.74, 6) is 0.167. The van der Waals surface area contributed by atoms with Crippen LogP contribution in [0.25, 0.3) is 0 Å². The lowest BCUT2D eigenvalue weighted by Crippen LogP contribution is -2.15. The van der Waals surface area contributed by atoms with E-state index in [1.807, 2.05) is 20.8 Å². The van der Waals surface area contributed by atoms with E-state index in [-0.39, 0.29) is 11.4 Å². The van der Waals surface area contributed by atoms with Crippen molar-refractivity contribution in [3.05, 3.63) is 0 Å². The van der Waals surface area contributed by atoms with Crippen molar-refractivity contribution in [1.82, 2.24) is 0 Å². The summed E-state index contributed by atoms with van der Waals surface area (Å²) in [7, 11) is 1.71. The molecule has 0 atom stereocenters. The van der Waals surface area contributed by atoms with Gasteiger partial charge in [0, 0.05) is 7.11 Å². The molecule has 0 heterocycles. The van der Waals surface area contributed by atoms with Crippen LogP contribution in [0.2, 0.25) is 0 Å². The Kier molecular flexibility index (Phi) is 11.9. The number of ether oxygens (including phenoxy) is 1. The maximum atomic E-state index is 9.44. The van der Waals surface area contributed by atoms with Crippen molar-refractivity contribution >= 4 is 5.78 Å². The van der Waals surface area contributed by atoms with Gasteiger partial charge in [0.15, 0.2) is 0 Å². The van der Waals surface area contributed by atoms with Crippen LogP contribution in [0.4, 0.5) is 0 Å². The fraction of sp³-hybridized carbons (Fsp3) is 0.917. The Balaban J connectivity index is -0.000000147. The van der Waals surface area contributed by atoms with Crippen LogP contribution in [0.15, 0.2) is 0 Å². The largest absolute Gasteiger partial charge is 0.391 e. The minimum Gasteiger partial charge on any atom is -0.391 e. The lowest BCUT2D eigenvalue weighted by molar-refractivity contribution is -0.114. The van der Waals surface area contributed by atoms with Gasteiger partial charge in [-0.1, -0.05) is 0 Å². The van der Waals surface area contributed by atoms with Crippen molar-refractivity contribution in [1.29, 1.82) is 0 Å². The number of methoxy groups -OCH3 is 1. The molecule has 3 nitrogen and oxygen atoms in total. The van der Waals surface area contributed by atoms with Crippen molar-refractivity contribution < 1.29 is 14.6 Å². The average Bonchev–Trinajstić information content (AvgIpc) is 1.80. The van der Waals surface area contributed by atoms with Gasteiger partial charge in [-0.2, -0.15) is 0 Å². The Morgan fingerprint density at radius 2 is 1.07 bits per heavy atom. The third kappa shape index (κ3) is 272. The van der Waals surface area contributed by atoms with Crippen LogP contribution in [0.3, 0.4) is 0 Å². The molecule has 0 rings (SSSR count). The maximum absolute atomic E-state index is 9.44. The summed E-state index contributed by atoms with van der Waals surface area (Å²) in [5, 5.41) is 8.52. The van der Waals surface area contributed by atoms with Gasteiger partial charge in [0.05, 0.1) is 11.2 Å². The highest BCUT2D eigenvalue weighted by Crippen LogP contribution is 2.02. The second-order valence-corrected chi connectivity index (χ2v) is 5.40. The zero-order valence-corrected chi connectivity index (χ0v) is 11.8. The molecule has 0 unspecified atom stereocenters. The second kappa shape index (κ2) is 8.86. The number of rotatable bonds is 0. The molecule has 0 saturated carbocycles. The summed E-state index contributed by atoms with van der Waals surface area (Å²) in [6.45, 7) is 14.3. The molecule has 0 radical (unpaired) electrons. The first-order valence-electron chi connectivity index (χ1n) is 5.04. The molecule has 1 N–H and O–H groups in total. The Morgan fingerprint density at radius 3 is 1.07 bits per heavy atom. The van der Waals surface area contributed by atoms with Gasteiger partial charge in [-0.05, 0) is 55.4 Å². The third-order valence-corrected chi connectivity index (χ3v) is 0.612. The molecule has 0 amide bonds. The highest BCUT2D eigenvalue weighted by atomic mass is 16.5. The topological polar surface area (TPSA) is 46.5 Å². The zero-order valence-electron chi connectivity index (χ0n) is 11.8. The van der Waals surface area contributed by atoms with Crippen LogP contribution in [-0.2, 0) is 9.53 Å². The van der Waals surface area contributed by atoms with E-state index in [2.05, 4.69) is 0 Å². The van der Waals surface area contributed by atoms with Crippen molar-refractivity contribution in [2.24, 2.45) is 0 Å². The van der Waals surface area contributed by atoms with Gasteiger partial charge in [-0.25, -0.2) is 0 Å². The molecular formula is C12H28O3. The van der Waals surface area contributed by atoms with E-state index >= 15 is 0 Å². The molecule has 15 heavy (non-hydrogen) atoms. The van der Waals surface area contributed by atoms with E-state index < -0.39 is 5.60 Å². The van der Waals surface area contributed by atoms with Gasteiger partial charge in [-0.3, -0.25) is 0 Å². The summed E-state index contributed by atoms with van der Waals surface area (Å²) >= 11 is 0. The highest BCUT2D eigenvalue weighted by Gasteiger charge is 2.04. The fourth-order valence-electron chi connectivity index (χ4n) is 0. The van der Waals surface area contributed by atoms with Gasteiger partial charge in [0.2, 0.25) is 0 Å². The van der Waals surface area contributed by atoms with Crippen molar-refractivity contribution in [2.75, 3.05) is 7.11 Å². The molecular weight excluding hydrogens is 192 g/mol. The zero-order chi connectivity index (χ0) is 13.3. The number of ketones is 1. The van der Waals surface area contributed by atoms with E-state index in [9.17, 15) is 4.79 Å². The predicted molar refractivity (Wildman–Crippen MR) is 65.1 cm³/mol. The second-order valence-electron chi connectivity index (χ2n) is 5.40. The monoisotopic (exact) mass is 220 g/mol. The summed E-state index contributed by atoms with van der Waals surface area (Å²) in [6.07, 6.45) is 0. The first-order valence-corrected chi connectivity index (χ1v) is 5.04. The minimum absolute atomic E-state index is 0.0417. The fourth-order valence-corrected chi connectivity index (χ4v) is 0. The van der Waals surface area contributed by atoms with Crippen molar-refractivity contribution in [3.8, 4) is 0 Å². The molecule has 0 spiro atoms. The number of carbonyl (C=O) groups is 1. The van der Waals surface area contributed by atoms with Crippen LogP contribution in [-0.4, -0.2) is 29.2 Å². The SMILES string of the molecule is CC(C)(C)O.CC(C)=O.COC(C)(C)C. The van der Waals surface area contributed by atoms with Crippen molar-refractivity contribution in [3.63, 3.8) is 0 Å². The molecule has 3 heteroatoms. The lowest BCUT2D eigenvalue weighted by atomic mass is 10.2. The van der Waals surface area contributed by atoms with Gasteiger partial charge in [0.1, 0.15) is 5.78 Å². The van der Waals surface area contributed by atoms with Crippen LogP contribution in [0, 0.1) is 0 Å². The van der Waals surface area contributed by atoms with E-state index in [1.165, 1.54) is 13.8 Å². The predicted octanol–water partition coefficient (Wildman–Crippen LogP) is 2.80. The molecule has 0 fully saturated rings. The first-order chi connectivity index (χ1) is 6.29. The number of aliphatic hydroxyl groups is 1. The average molecular weight is 220 g/mol. The molecule has 0 aromatic rings. The Morgan fingerprint density at radius 1 is 1.00 bits per heavy atom. The Hall–Kier alpha value is -0.410. The summed E-state index contributed by atoms with van der Waals surface area (Å²) < 4.78 is 4.94. The number of hydrogen-bond acceptors (Lipinski definition) is 3. The third-order valence-electron chi connectivity index (χ3n) is 0.612. The maximum Gasteiger partial charge on any atom is 0.126 e. The number of hydrogen-bond donors (Lipinski definition) is 1. The minimum atomic E-state index is -0.500. The highest BCUT2D eigenvalue weighted by molar-refractivity contribution is 5.72. The van der Waals surface area contributed by atoms with E-state index in [0.29, 0.717) is 0 Å². The van der Waals surface area contributed by atoms with Gasteiger partial charge >= 0.3 is 0 Å².